The van der Waals surface area contributed by atoms with Crippen molar-refractivity contribution >= 4 is 11.8 Å². The van der Waals surface area contributed by atoms with Crippen molar-refractivity contribution in [1.82, 2.24) is 10.3 Å². The number of halogens is 1. The van der Waals surface area contributed by atoms with Crippen LogP contribution in [0, 0.1) is 5.82 Å². The van der Waals surface area contributed by atoms with E-state index >= 15 is 0 Å². The Kier molecular flexibility index (Phi) is 5.59. The van der Waals surface area contributed by atoms with Crippen molar-refractivity contribution < 1.29 is 9.13 Å². The lowest BCUT2D eigenvalue weighted by molar-refractivity contribution is 0.445. The van der Waals surface area contributed by atoms with Gasteiger partial charge < -0.3 is 10.1 Å². The number of nitrogens with zero attached hydrogens (tertiary/aromatic N) is 1. The van der Waals surface area contributed by atoms with Gasteiger partial charge in [-0.1, -0.05) is 13.8 Å². The molecule has 0 fully saturated rings. The van der Waals surface area contributed by atoms with Crippen LogP contribution in [0.15, 0.2) is 41.4 Å². The first-order chi connectivity index (χ1) is 10.1. The molecule has 3 nitrogen and oxygen atoms in total. The summed E-state index contributed by atoms with van der Waals surface area (Å²) in [6.45, 7) is 4.59. The van der Waals surface area contributed by atoms with Crippen LogP contribution in [0.25, 0.3) is 0 Å². The number of rotatable bonds is 6. The number of ether oxygens (including phenoxy) is 1. The quantitative estimate of drug-likeness (QED) is 0.810. The Balaban J connectivity index is 2.17. The fourth-order valence-electron chi connectivity index (χ4n) is 1.76. The Morgan fingerprint density at radius 1 is 1.29 bits per heavy atom. The van der Waals surface area contributed by atoms with Gasteiger partial charge in [-0.25, -0.2) is 9.37 Å². The third-order valence-electron chi connectivity index (χ3n) is 2.87. The van der Waals surface area contributed by atoms with Gasteiger partial charge in [-0.05, 0) is 36.6 Å². The van der Waals surface area contributed by atoms with Gasteiger partial charge >= 0.3 is 0 Å². The molecule has 0 aliphatic heterocycles. The van der Waals surface area contributed by atoms with E-state index in [1.807, 2.05) is 44.4 Å². The minimum absolute atomic E-state index is 0.307. The molecule has 1 aromatic carbocycles. The first-order valence-electron chi connectivity index (χ1n) is 6.78. The number of pyridine rings is 1. The monoisotopic (exact) mass is 306 g/mol. The van der Waals surface area contributed by atoms with Gasteiger partial charge in [0, 0.05) is 23.0 Å². The van der Waals surface area contributed by atoms with E-state index < -0.39 is 0 Å². The summed E-state index contributed by atoms with van der Waals surface area (Å²) in [6, 6.07) is 9.49. The average molecular weight is 306 g/mol. The van der Waals surface area contributed by atoms with Gasteiger partial charge in [0.1, 0.15) is 11.6 Å². The Morgan fingerprint density at radius 2 is 2.00 bits per heavy atom. The summed E-state index contributed by atoms with van der Waals surface area (Å²) in [5, 5.41) is 3.24. The molecular weight excluding hydrogens is 287 g/mol. The van der Waals surface area contributed by atoms with Crippen molar-refractivity contribution in [3.8, 4) is 11.6 Å². The second kappa shape index (κ2) is 7.43. The van der Waals surface area contributed by atoms with Crippen LogP contribution < -0.4 is 10.1 Å². The van der Waals surface area contributed by atoms with E-state index in [2.05, 4.69) is 10.3 Å². The lowest BCUT2D eigenvalue weighted by Gasteiger charge is -2.12. The fraction of sp³-hybridized carbons (Fsp3) is 0.312. The first kappa shape index (κ1) is 15.8. The van der Waals surface area contributed by atoms with E-state index in [0.717, 1.165) is 4.90 Å². The molecule has 0 atom stereocenters. The van der Waals surface area contributed by atoms with Gasteiger partial charge in [0.2, 0.25) is 5.88 Å². The zero-order chi connectivity index (χ0) is 15.2. The fourth-order valence-corrected chi connectivity index (χ4v) is 2.16. The highest BCUT2D eigenvalue weighted by molar-refractivity contribution is 7.98. The number of hydrogen-bond acceptors (Lipinski definition) is 4. The van der Waals surface area contributed by atoms with Gasteiger partial charge in [0.05, 0.1) is 6.20 Å². The van der Waals surface area contributed by atoms with Crippen LogP contribution in [0.3, 0.4) is 0 Å². The van der Waals surface area contributed by atoms with Crippen molar-refractivity contribution in [1.29, 1.82) is 0 Å². The number of hydrogen-bond donors (Lipinski definition) is 1. The SMILES string of the molecule is CSc1ccc(Oc2ncc(F)cc2CNC(C)C)cc1. The molecule has 2 aromatic rings. The van der Waals surface area contributed by atoms with Gasteiger partial charge in [0.25, 0.3) is 0 Å². The minimum Gasteiger partial charge on any atom is -0.439 e. The Morgan fingerprint density at radius 3 is 2.62 bits per heavy atom. The molecule has 2 rings (SSSR count). The van der Waals surface area contributed by atoms with E-state index in [4.69, 9.17) is 4.74 Å². The highest BCUT2D eigenvalue weighted by Gasteiger charge is 2.09. The molecule has 0 unspecified atom stereocenters. The first-order valence-corrected chi connectivity index (χ1v) is 8.00. The van der Waals surface area contributed by atoms with Crippen LogP contribution in [-0.4, -0.2) is 17.3 Å². The van der Waals surface area contributed by atoms with E-state index in [1.54, 1.807) is 11.8 Å². The summed E-state index contributed by atoms with van der Waals surface area (Å²) in [5.74, 6) is 0.764. The molecule has 1 aromatic heterocycles. The summed E-state index contributed by atoms with van der Waals surface area (Å²) in [7, 11) is 0. The normalized spacial score (nSPS) is 10.9. The highest BCUT2D eigenvalue weighted by Crippen LogP contribution is 2.25. The van der Waals surface area contributed by atoms with E-state index in [1.165, 1.54) is 12.3 Å². The molecule has 5 heteroatoms. The molecule has 0 saturated carbocycles. The summed E-state index contributed by atoms with van der Waals surface area (Å²) in [6.07, 6.45) is 3.19. The van der Waals surface area contributed by atoms with Gasteiger partial charge in [-0.15, -0.1) is 11.8 Å². The molecule has 0 aliphatic rings. The summed E-state index contributed by atoms with van der Waals surface area (Å²) in [5.41, 5.74) is 0.706. The van der Waals surface area contributed by atoms with Crippen molar-refractivity contribution in [2.24, 2.45) is 0 Å². The van der Waals surface area contributed by atoms with Crippen LogP contribution in [0.4, 0.5) is 4.39 Å². The molecule has 0 spiro atoms. The topological polar surface area (TPSA) is 34.1 Å². The standard InChI is InChI=1S/C16H19FN2OS/c1-11(2)18-9-12-8-13(17)10-19-16(12)20-14-4-6-15(21-3)7-5-14/h4-8,10-11,18H,9H2,1-3H3. The van der Waals surface area contributed by atoms with Crippen LogP contribution in [0.5, 0.6) is 11.6 Å². The van der Waals surface area contributed by atoms with Crippen molar-refractivity contribution in [2.45, 2.75) is 31.3 Å². The smallest absolute Gasteiger partial charge is 0.223 e. The molecule has 21 heavy (non-hydrogen) atoms. The molecule has 0 bridgehead atoms. The van der Waals surface area contributed by atoms with E-state index in [-0.39, 0.29) is 5.82 Å². The predicted molar refractivity (Wildman–Crippen MR) is 84.5 cm³/mol. The van der Waals surface area contributed by atoms with Crippen LogP contribution in [0.1, 0.15) is 19.4 Å². The number of thioether (sulfide) groups is 1. The highest BCUT2D eigenvalue weighted by atomic mass is 32.2. The van der Waals surface area contributed by atoms with Gasteiger partial charge in [-0.2, -0.15) is 0 Å². The van der Waals surface area contributed by atoms with Gasteiger partial charge in [-0.3, -0.25) is 0 Å². The van der Waals surface area contributed by atoms with Crippen LogP contribution in [-0.2, 0) is 6.54 Å². The maximum Gasteiger partial charge on any atom is 0.223 e. The zero-order valence-corrected chi connectivity index (χ0v) is 13.2. The molecular formula is C16H19FN2OS. The molecule has 0 saturated heterocycles. The minimum atomic E-state index is -0.361. The average Bonchev–Trinajstić information content (AvgIpc) is 2.48. The molecule has 1 N–H and O–H groups in total. The lowest BCUT2D eigenvalue weighted by Crippen LogP contribution is -2.22. The molecule has 0 aliphatic carbocycles. The number of nitrogens with one attached hydrogen (secondary N) is 1. The summed E-state index contributed by atoms with van der Waals surface area (Å²) >= 11 is 1.67. The maximum atomic E-state index is 13.4. The summed E-state index contributed by atoms with van der Waals surface area (Å²) < 4.78 is 19.1. The maximum absolute atomic E-state index is 13.4. The predicted octanol–water partition coefficient (Wildman–Crippen LogP) is 4.23. The van der Waals surface area contributed by atoms with Crippen LogP contribution in [0.2, 0.25) is 0 Å². The Labute approximate surface area is 128 Å². The van der Waals surface area contributed by atoms with Gasteiger partial charge in [0.15, 0.2) is 0 Å². The Hall–Kier alpha value is -1.59. The molecule has 1 heterocycles. The van der Waals surface area contributed by atoms with E-state index in [0.29, 0.717) is 29.8 Å². The lowest BCUT2D eigenvalue weighted by atomic mass is 10.2. The number of benzene rings is 1. The van der Waals surface area contributed by atoms with E-state index in [9.17, 15) is 4.39 Å². The summed E-state index contributed by atoms with van der Waals surface area (Å²) in [4.78, 5) is 5.21. The largest absolute Gasteiger partial charge is 0.439 e. The van der Waals surface area contributed by atoms with Crippen LogP contribution >= 0.6 is 11.8 Å². The second-order valence-electron chi connectivity index (χ2n) is 4.93. The second-order valence-corrected chi connectivity index (χ2v) is 5.81. The number of aromatic nitrogens is 1. The van der Waals surface area contributed by atoms with Crippen molar-refractivity contribution in [3.05, 3.63) is 47.9 Å². The van der Waals surface area contributed by atoms with Crippen molar-refractivity contribution in [3.63, 3.8) is 0 Å². The molecule has 0 radical (unpaired) electrons. The Bertz CT molecular complexity index is 587. The van der Waals surface area contributed by atoms with Crippen molar-refractivity contribution in [2.75, 3.05) is 6.26 Å². The zero-order valence-electron chi connectivity index (χ0n) is 12.4. The third-order valence-corrected chi connectivity index (χ3v) is 3.61. The molecule has 0 amide bonds. The third kappa shape index (κ3) is 4.72. The molecule has 112 valence electrons.